The highest BCUT2D eigenvalue weighted by atomic mass is 16.5. The van der Waals surface area contributed by atoms with Gasteiger partial charge in [-0.3, -0.25) is 4.79 Å². The Hall–Kier alpha value is -3.11. The van der Waals surface area contributed by atoms with Gasteiger partial charge in [-0.2, -0.15) is 0 Å². The molecule has 4 rings (SSSR count). The Morgan fingerprint density at radius 2 is 1.65 bits per heavy atom. The van der Waals surface area contributed by atoms with Crippen molar-refractivity contribution < 1.29 is 9.53 Å². The van der Waals surface area contributed by atoms with E-state index in [1.165, 1.54) is 5.56 Å². The zero-order valence-corrected chi connectivity index (χ0v) is 18.1. The molecule has 1 aliphatic heterocycles. The summed E-state index contributed by atoms with van der Waals surface area (Å²) in [6.07, 6.45) is 2.89. The van der Waals surface area contributed by atoms with Gasteiger partial charge >= 0.3 is 0 Å². The number of piperidine rings is 1. The summed E-state index contributed by atoms with van der Waals surface area (Å²) in [5, 5.41) is 3.13. The van der Waals surface area contributed by atoms with Crippen molar-refractivity contribution in [2.75, 3.05) is 32.1 Å². The molecule has 0 spiro atoms. The lowest BCUT2D eigenvalue weighted by Crippen LogP contribution is -2.39. The molecule has 0 atom stereocenters. The molecule has 0 bridgehead atoms. The molecule has 0 radical (unpaired) electrons. The number of hydrogen-bond acceptors (Lipinski definition) is 3. The van der Waals surface area contributed by atoms with Gasteiger partial charge in [0.25, 0.3) is 0 Å². The van der Waals surface area contributed by atoms with Crippen molar-refractivity contribution in [3.63, 3.8) is 0 Å². The number of rotatable bonds is 7. The molecule has 4 heteroatoms. The number of carbonyl (C=O) groups excluding carboxylic acids is 1. The minimum atomic E-state index is 0.0773. The Labute approximate surface area is 184 Å². The van der Waals surface area contributed by atoms with E-state index in [-0.39, 0.29) is 11.8 Å². The number of benzene rings is 3. The number of nitrogens with zero attached hydrogens (tertiary/aromatic N) is 1. The molecule has 0 aliphatic carbocycles. The summed E-state index contributed by atoms with van der Waals surface area (Å²) in [6, 6.07) is 26.6. The minimum Gasteiger partial charge on any atom is -0.497 e. The fourth-order valence-corrected chi connectivity index (χ4v) is 4.17. The van der Waals surface area contributed by atoms with Crippen molar-refractivity contribution >= 4 is 11.6 Å². The van der Waals surface area contributed by atoms with Gasteiger partial charge in [0.1, 0.15) is 5.75 Å². The third-order valence-corrected chi connectivity index (χ3v) is 6.05. The summed E-state index contributed by atoms with van der Waals surface area (Å²) in [6.45, 7) is 3.02. The van der Waals surface area contributed by atoms with Crippen LogP contribution in [0.25, 0.3) is 11.1 Å². The Morgan fingerprint density at radius 1 is 0.935 bits per heavy atom. The SMILES string of the molecule is COc1cccc(-c2cccc(NC(=O)C3CCN(CCc4ccccc4)CC3)c2)c1. The third kappa shape index (κ3) is 5.74. The summed E-state index contributed by atoms with van der Waals surface area (Å²) in [4.78, 5) is 15.3. The molecule has 1 fully saturated rings. The summed E-state index contributed by atoms with van der Waals surface area (Å²) in [5.74, 6) is 1.03. The Bertz CT molecular complexity index is 995. The van der Waals surface area contributed by atoms with Crippen LogP contribution in [0.15, 0.2) is 78.9 Å². The van der Waals surface area contributed by atoms with Gasteiger partial charge in [0, 0.05) is 18.2 Å². The van der Waals surface area contributed by atoms with E-state index in [9.17, 15) is 4.79 Å². The predicted molar refractivity (Wildman–Crippen MR) is 126 cm³/mol. The topological polar surface area (TPSA) is 41.6 Å². The number of anilines is 1. The maximum Gasteiger partial charge on any atom is 0.227 e. The maximum atomic E-state index is 12.9. The first-order valence-electron chi connectivity index (χ1n) is 11.0. The van der Waals surface area contributed by atoms with E-state index in [4.69, 9.17) is 4.74 Å². The van der Waals surface area contributed by atoms with Crippen LogP contribution in [0.3, 0.4) is 0 Å². The lowest BCUT2D eigenvalue weighted by Gasteiger charge is -2.31. The standard InChI is InChI=1S/C27H30N2O2/c1-31-26-12-6-10-24(20-26)23-9-5-11-25(19-23)28-27(30)22-14-17-29(18-15-22)16-13-21-7-3-2-4-8-21/h2-12,19-20,22H,13-18H2,1H3,(H,28,30). The van der Waals surface area contributed by atoms with Crippen LogP contribution in [-0.2, 0) is 11.2 Å². The monoisotopic (exact) mass is 414 g/mol. The van der Waals surface area contributed by atoms with E-state index in [1.54, 1.807) is 7.11 Å². The fourth-order valence-electron chi connectivity index (χ4n) is 4.17. The second-order valence-corrected chi connectivity index (χ2v) is 8.15. The molecule has 1 heterocycles. The van der Waals surface area contributed by atoms with Crippen LogP contribution in [0.5, 0.6) is 5.75 Å². The molecule has 3 aromatic rings. The average molecular weight is 415 g/mol. The molecular weight excluding hydrogens is 384 g/mol. The first-order chi connectivity index (χ1) is 15.2. The largest absolute Gasteiger partial charge is 0.497 e. The molecule has 31 heavy (non-hydrogen) atoms. The van der Waals surface area contributed by atoms with Gasteiger partial charge in [0.05, 0.1) is 7.11 Å². The molecule has 3 aromatic carbocycles. The fraction of sp³-hybridized carbons (Fsp3) is 0.296. The van der Waals surface area contributed by atoms with Gasteiger partial charge in [-0.25, -0.2) is 0 Å². The van der Waals surface area contributed by atoms with Crippen molar-refractivity contribution in [1.82, 2.24) is 4.90 Å². The Kier molecular flexibility index (Phi) is 7.00. The number of hydrogen-bond donors (Lipinski definition) is 1. The van der Waals surface area contributed by atoms with E-state index in [1.807, 2.05) is 36.4 Å². The molecular formula is C27H30N2O2. The van der Waals surface area contributed by atoms with E-state index in [0.717, 1.165) is 61.5 Å². The molecule has 4 nitrogen and oxygen atoms in total. The van der Waals surface area contributed by atoms with E-state index in [2.05, 4.69) is 52.7 Å². The number of nitrogens with one attached hydrogen (secondary N) is 1. The molecule has 0 saturated carbocycles. The van der Waals surface area contributed by atoms with Gasteiger partial charge in [0.2, 0.25) is 5.91 Å². The lowest BCUT2D eigenvalue weighted by atomic mass is 9.95. The lowest BCUT2D eigenvalue weighted by molar-refractivity contribution is -0.121. The highest BCUT2D eigenvalue weighted by molar-refractivity contribution is 5.93. The number of amides is 1. The molecule has 1 N–H and O–H groups in total. The molecule has 1 aliphatic rings. The van der Waals surface area contributed by atoms with Gasteiger partial charge in [-0.15, -0.1) is 0 Å². The number of methoxy groups -OCH3 is 1. The Morgan fingerprint density at radius 3 is 2.39 bits per heavy atom. The van der Waals surface area contributed by atoms with Crippen LogP contribution in [0.2, 0.25) is 0 Å². The molecule has 1 saturated heterocycles. The van der Waals surface area contributed by atoms with Gasteiger partial charge in [0.15, 0.2) is 0 Å². The van der Waals surface area contributed by atoms with Crippen LogP contribution < -0.4 is 10.1 Å². The Balaban J connectivity index is 1.30. The average Bonchev–Trinajstić information content (AvgIpc) is 2.84. The smallest absolute Gasteiger partial charge is 0.227 e. The maximum absolute atomic E-state index is 12.9. The van der Waals surface area contributed by atoms with Crippen molar-refractivity contribution in [1.29, 1.82) is 0 Å². The second kappa shape index (κ2) is 10.3. The minimum absolute atomic E-state index is 0.0773. The highest BCUT2D eigenvalue weighted by Gasteiger charge is 2.24. The number of likely N-dealkylation sites (tertiary alicyclic amines) is 1. The van der Waals surface area contributed by atoms with Gasteiger partial charge in [-0.1, -0.05) is 54.6 Å². The van der Waals surface area contributed by atoms with Crippen LogP contribution >= 0.6 is 0 Å². The van der Waals surface area contributed by atoms with Crippen LogP contribution in [-0.4, -0.2) is 37.6 Å². The highest BCUT2D eigenvalue weighted by Crippen LogP contribution is 2.27. The van der Waals surface area contributed by atoms with E-state index < -0.39 is 0 Å². The van der Waals surface area contributed by atoms with Crippen LogP contribution in [0, 0.1) is 5.92 Å². The summed E-state index contributed by atoms with van der Waals surface area (Å²) in [5.41, 5.74) is 4.35. The van der Waals surface area contributed by atoms with Crippen molar-refractivity contribution in [3.05, 3.63) is 84.4 Å². The zero-order chi connectivity index (χ0) is 21.5. The zero-order valence-electron chi connectivity index (χ0n) is 18.1. The molecule has 0 aromatic heterocycles. The summed E-state index contributed by atoms with van der Waals surface area (Å²) in [7, 11) is 1.67. The van der Waals surface area contributed by atoms with Crippen LogP contribution in [0.4, 0.5) is 5.69 Å². The molecule has 1 amide bonds. The first kappa shape index (κ1) is 21.1. The molecule has 0 unspecified atom stereocenters. The quantitative estimate of drug-likeness (QED) is 0.574. The van der Waals surface area contributed by atoms with Crippen molar-refractivity contribution in [2.24, 2.45) is 5.92 Å². The third-order valence-electron chi connectivity index (χ3n) is 6.05. The first-order valence-corrected chi connectivity index (χ1v) is 11.0. The normalized spacial score (nSPS) is 14.9. The number of carbonyl (C=O) groups is 1. The predicted octanol–water partition coefficient (Wildman–Crippen LogP) is 5.26. The summed E-state index contributed by atoms with van der Waals surface area (Å²) >= 11 is 0. The van der Waals surface area contributed by atoms with Gasteiger partial charge < -0.3 is 15.0 Å². The second-order valence-electron chi connectivity index (χ2n) is 8.15. The summed E-state index contributed by atoms with van der Waals surface area (Å²) < 4.78 is 5.33. The van der Waals surface area contributed by atoms with Gasteiger partial charge in [-0.05, 0) is 73.3 Å². The molecule has 160 valence electrons. The van der Waals surface area contributed by atoms with E-state index in [0.29, 0.717) is 0 Å². The van der Waals surface area contributed by atoms with Crippen molar-refractivity contribution in [2.45, 2.75) is 19.3 Å². The van der Waals surface area contributed by atoms with Crippen LogP contribution in [0.1, 0.15) is 18.4 Å². The van der Waals surface area contributed by atoms with Crippen molar-refractivity contribution in [3.8, 4) is 16.9 Å². The van der Waals surface area contributed by atoms with E-state index >= 15 is 0 Å². The number of ether oxygens (including phenoxy) is 1.